The van der Waals surface area contributed by atoms with Crippen LogP contribution in [0.1, 0.15) is 24.0 Å². The van der Waals surface area contributed by atoms with Crippen molar-refractivity contribution in [1.29, 1.82) is 0 Å². The highest BCUT2D eigenvalue weighted by Crippen LogP contribution is 2.27. The van der Waals surface area contributed by atoms with E-state index >= 15 is 0 Å². The van der Waals surface area contributed by atoms with E-state index in [0.29, 0.717) is 6.04 Å². The van der Waals surface area contributed by atoms with Gasteiger partial charge in [-0.2, -0.15) is 0 Å². The SMILES string of the molecule is CN1CCC(N2CCc3cc([N+](=O)[O-])ccc3C2)CC1. The van der Waals surface area contributed by atoms with E-state index in [1.165, 1.54) is 31.5 Å². The summed E-state index contributed by atoms with van der Waals surface area (Å²) in [5.74, 6) is 0. The Hall–Kier alpha value is -1.46. The van der Waals surface area contributed by atoms with E-state index in [2.05, 4.69) is 16.8 Å². The Morgan fingerprint density at radius 1 is 1.20 bits per heavy atom. The van der Waals surface area contributed by atoms with Crippen molar-refractivity contribution in [3.8, 4) is 0 Å². The molecular formula is C15H21N3O2. The van der Waals surface area contributed by atoms with Gasteiger partial charge in [0.05, 0.1) is 4.92 Å². The zero-order valence-electron chi connectivity index (χ0n) is 11.9. The van der Waals surface area contributed by atoms with Crippen molar-refractivity contribution in [1.82, 2.24) is 9.80 Å². The van der Waals surface area contributed by atoms with Crippen molar-refractivity contribution in [2.45, 2.75) is 31.8 Å². The highest BCUT2D eigenvalue weighted by molar-refractivity contribution is 5.41. The molecule has 5 nitrogen and oxygen atoms in total. The second kappa shape index (κ2) is 5.50. The third-order valence-corrected chi connectivity index (χ3v) is 4.65. The molecular weight excluding hydrogens is 254 g/mol. The molecule has 5 heteroatoms. The minimum atomic E-state index is -0.302. The number of nitrogens with zero attached hydrogens (tertiary/aromatic N) is 3. The van der Waals surface area contributed by atoms with Crippen LogP contribution in [0.4, 0.5) is 5.69 Å². The summed E-state index contributed by atoms with van der Waals surface area (Å²) in [4.78, 5) is 15.5. The molecule has 0 saturated carbocycles. The van der Waals surface area contributed by atoms with Crippen LogP contribution in [-0.4, -0.2) is 47.4 Å². The van der Waals surface area contributed by atoms with Crippen LogP contribution in [0.25, 0.3) is 0 Å². The lowest BCUT2D eigenvalue weighted by Gasteiger charge is -2.39. The van der Waals surface area contributed by atoms with Gasteiger partial charge in [0.25, 0.3) is 5.69 Å². The summed E-state index contributed by atoms with van der Waals surface area (Å²) in [6, 6.07) is 6.00. The molecule has 0 unspecified atom stereocenters. The zero-order chi connectivity index (χ0) is 14.1. The summed E-state index contributed by atoms with van der Waals surface area (Å²) < 4.78 is 0. The van der Waals surface area contributed by atoms with Gasteiger partial charge in [-0.1, -0.05) is 6.07 Å². The third kappa shape index (κ3) is 2.69. The first-order chi connectivity index (χ1) is 9.63. The molecule has 1 aromatic rings. The van der Waals surface area contributed by atoms with Gasteiger partial charge < -0.3 is 4.90 Å². The van der Waals surface area contributed by atoms with Crippen molar-refractivity contribution >= 4 is 5.69 Å². The number of fused-ring (bicyclic) bond motifs is 1. The average molecular weight is 275 g/mol. The van der Waals surface area contributed by atoms with Crippen molar-refractivity contribution < 1.29 is 4.92 Å². The van der Waals surface area contributed by atoms with Crippen molar-refractivity contribution in [3.63, 3.8) is 0 Å². The van der Waals surface area contributed by atoms with Crippen LogP contribution in [0, 0.1) is 10.1 Å². The van der Waals surface area contributed by atoms with Crippen LogP contribution >= 0.6 is 0 Å². The van der Waals surface area contributed by atoms with Crippen molar-refractivity contribution in [2.75, 3.05) is 26.7 Å². The Kier molecular flexibility index (Phi) is 3.72. The number of piperidine rings is 1. The molecule has 1 fully saturated rings. The van der Waals surface area contributed by atoms with Crippen LogP contribution in [0.2, 0.25) is 0 Å². The summed E-state index contributed by atoms with van der Waals surface area (Å²) in [5, 5.41) is 10.8. The lowest BCUT2D eigenvalue weighted by atomic mass is 9.95. The smallest absolute Gasteiger partial charge is 0.269 e. The Morgan fingerprint density at radius 2 is 1.95 bits per heavy atom. The summed E-state index contributed by atoms with van der Waals surface area (Å²) in [6.45, 7) is 4.33. The van der Waals surface area contributed by atoms with Crippen LogP contribution in [0.15, 0.2) is 18.2 Å². The first kappa shape index (κ1) is 13.5. The van der Waals surface area contributed by atoms with Crippen molar-refractivity contribution in [3.05, 3.63) is 39.4 Å². The number of nitro benzene ring substituents is 1. The van der Waals surface area contributed by atoms with Gasteiger partial charge in [-0.05, 0) is 50.5 Å². The molecule has 0 aromatic heterocycles. The molecule has 0 aliphatic carbocycles. The molecule has 0 radical (unpaired) electrons. The molecule has 0 N–H and O–H groups in total. The van der Waals surface area contributed by atoms with Gasteiger partial charge in [-0.25, -0.2) is 0 Å². The molecule has 1 aromatic carbocycles. The lowest BCUT2D eigenvalue weighted by Crippen LogP contribution is -2.45. The summed E-state index contributed by atoms with van der Waals surface area (Å²) in [5.41, 5.74) is 2.64. The van der Waals surface area contributed by atoms with Gasteiger partial charge in [0.1, 0.15) is 0 Å². The maximum absolute atomic E-state index is 10.8. The number of benzene rings is 1. The quantitative estimate of drug-likeness (QED) is 0.612. The van der Waals surface area contributed by atoms with Gasteiger partial charge in [-0.3, -0.25) is 15.0 Å². The maximum atomic E-state index is 10.8. The minimum Gasteiger partial charge on any atom is -0.306 e. The Bertz CT molecular complexity index is 510. The molecule has 2 aliphatic heterocycles. The van der Waals surface area contributed by atoms with E-state index in [1.54, 1.807) is 12.1 Å². The highest BCUT2D eigenvalue weighted by Gasteiger charge is 2.26. The fourth-order valence-corrected chi connectivity index (χ4v) is 3.35. The van der Waals surface area contributed by atoms with E-state index in [4.69, 9.17) is 0 Å². The third-order valence-electron chi connectivity index (χ3n) is 4.65. The van der Waals surface area contributed by atoms with Crippen LogP contribution < -0.4 is 0 Å². The lowest BCUT2D eigenvalue weighted by molar-refractivity contribution is -0.384. The molecule has 2 aliphatic rings. The fraction of sp³-hybridized carbons (Fsp3) is 0.600. The summed E-state index contributed by atoms with van der Waals surface area (Å²) in [7, 11) is 2.18. The molecule has 108 valence electrons. The Balaban J connectivity index is 1.71. The number of non-ortho nitro benzene ring substituents is 1. The number of rotatable bonds is 2. The van der Waals surface area contributed by atoms with Gasteiger partial charge in [0, 0.05) is 31.3 Å². The predicted molar refractivity (Wildman–Crippen MR) is 77.7 cm³/mol. The van der Waals surface area contributed by atoms with Gasteiger partial charge in [0.2, 0.25) is 0 Å². The van der Waals surface area contributed by atoms with Crippen LogP contribution in [0.3, 0.4) is 0 Å². The summed E-state index contributed by atoms with van der Waals surface area (Å²) >= 11 is 0. The number of likely N-dealkylation sites (tertiary alicyclic amines) is 1. The summed E-state index contributed by atoms with van der Waals surface area (Å²) in [6.07, 6.45) is 3.40. The fourth-order valence-electron chi connectivity index (χ4n) is 3.35. The predicted octanol–water partition coefficient (Wildman–Crippen LogP) is 2.05. The molecule has 0 spiro atoms. The van der Waals surface area contributed by atoms with E-state index in [9.17, 15) is 10.1 Å². The Labute approximate surface area is 119 Å². The van der Waals surface area contributed by atoms with Gasteiger partial charge in [-0.15, -0.1) is 0 Å². The van der Waals surface area contributed by atoms with Gasteiger partial charge >= 0.3 is 0 Å². The second-order valence-electron chi connectivity index (χ2n) is 5.97. The van der Waals surface area contributed by atoms with Gasteiger partial charge in [0.15, 0.2) is 0 Å². The average Bonchev–Trinajstić information content (AvgIpc) is 2.47. The first-order valence-electron chi connectivity index (χ1n) is 7.32. The maximum Gasteiger partial charge on any atom is 0.269 e. The normalized spacial score (nSPS) is 21.6. The van der Waals surface area contributed by atoms with E-state index in [-0.39, 0.29) is 10.6 Å². The number of nitro groups is 1. The zero-order valence-corrected chi connectivity index (χ0v) is 11.9. The molecule has 2 heterocycles. The molecule has 20 heavy (non-hydrogen) atoms. The number of hydrogen-bond acceptors (Lipinski definition) is 4. The molecule has 0 bridgehead atoms. The molecule has 0 atom stereocenters. The molecule has 1 saturated heterocycles. The first-order valence-corrected chi connectivity index (χ1v) is 7.32. The topological polar surface area (TPSA) is 49.6 Å². The standard InChI is InChI=1S/C15H21N3O2/c1-16-7-5-14(6-8-16)17-9-4-12-10-15(18(19)20)3-2-13(12)11-17/h2-3,10,14H,4-9,11H2,1H3. The highest BCUT2D eigenvalue weighted by atomic mass is 16.6. The van der Waals surface area contributed by atoms with Crippen molar-refractivity contribution in [2.24, 2.45) is 0 Å². The van der Waals surface area contributed by atoms with Crippen LogP contribution in [-0.2, 0) is 13.0 Å². The second-order valence-corrected chi connectivity index (χ2v) is 5.97. The minimum absolute atomic E-state index is 0.219. The van der Waals surface area contributed by atoms with E-state index in [0.717, 1.165) is 25.1 Å². The molecule has 3 rings (SSSR count). The largest absolute Gasteiger partial charge is 0.306 e. The Morgan fingerprint density at radius 3 is 2.65 bits per heavy atom. The monoisotopic (exact) mass is 275 g/mol. The van der Waals surface area contributed by atoms with E-state index < -0.39 is 0 Å². The number of hydrogen-bond donors (Lipinski definition) is 0. The van der Waals surface area contributed by atoms with Crippen LogP contribution in [0.5, 0.6) is 0 Å². The molecule has 0 amide bonds. The van der Waals surface area contributed by atoms with E-state index in [1.807, 2.05) is 6.07 Å².